The number of hydrogen-bond acceptors (Lipinski definition) is 2. The van der Waals surface area contributed by atoms with Crippen molar-refractivity contribution in [2.45, 2.75) is 4.96 Å². The summed E-state index contributed by atoms with van der Waals surface area (Å²) in [6, 6.07) is 6.52. The van der Waals surface area contributed by atoms with Crippen LogP contribution in [0.15, 0.2) is 24.3 Å². The molecule has 0 fully saturated rings. The van der Waals surface area contributed by atoms with Crippen molar-refractivity contribution in [1.29, 1.82) is 0 Å². The number of hydrogen-bond donors (Lipinski definition) is 0. The first-order valence-corrected chi connectivity index (χ1v) is 4.75. The maximum Gasteiger partial charge on any atom is 0.263 e. The molecule has 1 aromatic carbocycles. The lowest BCUT2D eigenvalue weighted by Gasteiger charge is -2.13. The van der Waals surface area contributed by atoms with Gasteiger partial charge in [0.1, 0.15) is 0 Å². The summed E-state index contributed by atoms with van der Waals surface area (Å²) in [5.74, 6) is -0.888. The van der Waals surface area contributed by atoms with Crippen molar-refractivity contribution >= 4 is 35.0 Å². The van der Waals surface area contributed by atoms with E-state index in [-0.39, 0.29) is 0 Å². The molecule has 1 aromatic rings. The van der Waals surface area contributed by atoms with Gasteiger partial charge in [-0.2, -0.15) is 0 Å². The van der Waals surface area contributed by atoms with Crippen LogP contribution in [0.5, 0.6) is 0 Å². The predicted octanol–water partition coefficient (Wildman–Crippen LogP) is 2.04. The van der Waals surface area contributed by atoms with E-state index in [0.29, 0.717) is 11.1 Å². The minimum Gasteiger partial charge on any atom is -0.268 e. The molecule has 2 rings (SSSR count). The number of imide groups is 1. The SMILES string of the molecule is O=C1c2ccccc2C(=O)N1C(Cl)Cl. The van der Waals surface area contributed by atoms with Crippen molar-refractivity contribution < 1.29 is 9.59 Å². The number of alkyl halides is 2. The van der Waals surface area contributed by atoms with Gasteiger partial charge in [-0.15, -0.1) is 0 Å². The fourth-order valence-corrected chi connectivity index (χ4v) is 1.74. The van der Waals surface area contributed by atoms with Crippen LogP contribution in [0.25, 0.3) is 0 Å². The van der Waals surface area contributed by atoms with E-state index in [1.807, 2.05) is 0 Å². The van der Waals surface area contributed by atoms with Gasteiger partial charge in [0, 0.05) is 0 Å². The third-order valence-corrected chi connectivity index (χ3v) is 2.41. The van der Waals surface area contributed by atoms with Gasteiger partial charge in [-0.3, -0.25) is 9.59 Å². The zero-order chi connectivity index (χ0) is 10.3. The number of halogens is 2. The Labute approximate surface area is 90.2 Å². The van der Waals surface area contributed by atoms with E-state index in [4.69, 9.17) is 23.2 Å². The first-order chi connectivity index (χ1) is 6.63. The molecule has 14 heavy (non-hydrogen) atoms. The molecular formula is C9H5Cl2NO2. The van der Waals surface area contributed by atoms with E-state index in [9.17, 15) is 9.59 Å². The largest absolute Gasteiger partial charge is 0.268 e. The Bertz CT molecular complexity index is 382. The number of fused-ring (bicyclic) bond motifs is 1. The molecule has 2 amide bonds. The second-order valence-corrected chi connectivity index (χ2v) is 3.85. The summed E-state index contributed by atoms with van der Waals surface area (Å²) in [5.41, 5.74) is 0.701. The van der Waals surface area contributed by atoms with Gasteiger partial charge in [-0.05, 0) is 12.1 Å². The summed E-state index contributed by atoms with van der Waals surface area (Å²) in [4.78, 5) is 22.9. The molecular weight excluding hydrogens is 225 g/mol. The zero-order valence-corrected chi connectivity index (χ0v) is 8.42. The van der Waals surface area contributed by atoms with Crippen molar-refractivity contribution in [3.05, 3.63) is 35.4 Å². The minimum absolute atomic E-state index is 0.351. The van der Waals surface area contributed by atoms with Crippen molar-refractivity contribution in [2.24, 2.45) is 0 Å². The Kier molecular flexibility index (Phi) is 2.21. The van der Waals surface area contributed by atoms with Crippen molar-refractivity contribution in [3.8, 4) is 0 Å². The second-order valence-electron chi connectivity index (χ2n) is 2.80. The van der Waals surface area contributed by atoms with Gasteiger partial charge in [0.05, 0.1) is 11.1 Å². The Morgan fingerprint density at radius 3 is 1.79 bits per heavy atom. The van der Waals surface area contributed by atoms with Crippen LogP contribution in [-0.4, -0.2) is 21.7 Å². The summed E-state index contributed by atoms with van der Waals surface area (Å²) >= 11 is 11.0. The highest BCUT2D eigenvalue weighted by Gasteiger charge is 2.38. The molecule has 72 valence electrons. The molecule has 0 saturated carbocycles. The van der Waals surface area contributed by atoms with Crippen molar-refractivity contribution in [1.82, 2.24) is 4.90 Å². The van der Waals surface area contributed by atoms with Crippen LogP contribution in [0.2, 0.25) is 0 Å². The average Bonchev–Trinajstić information content (AvgIpc) is 2.41. The standard InChI is InChI=1S/C9H5Cl2NO2/c10-9(11)12-7(13)5-3-1-2-4-6(5)8(12)14/h1-4,9H. The maximum absolute atomic E-state index is 11.6. The quantitative estimate of drug-likeness (QED) is 0.420. The van der Waals surface area contributed by atoms with Gasteiger partial charge in [0.2, 0.25) is 0 Å². The molecule has 0 unspecified atom stereocenters. The molecule has 0 bridgehead atoms. The van der Waals surface area contributed by atoms with Crippen LogP contribution in [0.1, 0.15) is 20.7 Å². The Morgan fingerprint density at radius 2 is 1.43 bits per heavy atom. The van der Waals surface area contributed by atoms with Gasteiger partial charge in [0.15, 0.2) is 4.96 Å². The fraction of sp³-hybridized carbons (Fsp3) is 0.111. The Hall–Kier alpha value is -1.06. The normalized spacial score (nSPS) is 15.2. The maximum atomic E-state index is 11.6. The van der Waals surface area contributed by atoms with Crippen LogP contribution in [-0.2, 0) is 0 Å². The van der Waals surface area contributed by atoms with Crippen LogP contribution in [0.3, 0.4) is 0 Å². The minimum atomic E-state index is -1.14. The summed E-state index contributed by atoms with van der Waals surface area (Å²) in [7, 11) is 0. The molecule has 0 aliphatic carbocycles. The molecule has 1 heterocycles. The molecule has 1 aliphatic heterocycles. The summed E-state index contributed by atoms with van der Waals surface area (Å²) in [6.45, 7) is 0. The number of benzene rings is 1. The van der Waals surface area contributed by atoms with E-state index in [1.165, 1.54) is 0 Å². The van der Waals surface area contributed by atoms with Crippen molar-refractivity contribution in [2.75, 3.05) is 0 Å². The van der Waals surface area contributed by atoms with Crippen LogP contribution >= 0.6 is 23.2 Å². The Balaban J connectivity index is 2.54. The molecule has 0 atom stereocenters. The van der Waals surface area contributed by atoms with E-state index in [0.717, 1.165) is 4.90 Å². The molecule has 0 N–H and O–H groups in total. The summed E-state index contributed by atoms with van der Waals surface area (Å²) < 4.78 is 0. The van der Waals surface area contributed by atoms with E-state index in [2.05, 4.69) is 0 Å². The highest BCUT2D eigenvalue weighted by Crippen LogP contribution is 2.26. The fourth-order valence-electron chi connectivity index (χ4n) is 1.39. The molecule has 0 radical (unpaired) electrons. The van der Waals surface area contributed by atoms with Crippen molar-refractivity contribution in [3.63, 3.8) is 0 Å². The van der Waals surface area contributed by atoms with Gasteiger partial charge >= 0.3 is 0 Å². The highest BCUT2D eigenvalue weighted by atomic mass is 35.5. The summed E-state index contributed by atoms with van der Waals surface area (Å²) in [5, 5.41) is 0. The number of rotatable bonds is 1. The topological polar surface area (TPSA) is 37.4 Å². The molecule has 0 spiro atoms. The number of amides is 2. The van der Waals surface area contributed by atoms with Crippen LogP contribution < -0.4 is 0 Å². The van der Waals surface area contributed by atoms with Gasteiger partial charge in [0.25, 0.3) is 11.8 Å². The smallest absolute Gasteiger partial charge is 0.263 e. The predicted molar refractivity (Wildman–Crippen MR) is 52.4 cm³/mol. The number of carbonyl (C=O) groups excluding carboxylic acids is 2. The third-order valence-electron chi connectivity index (χ3n) is 2.02. The van der Waals surface area contributed by atoms with Crippen LogP contribution in [0, 0.1) is 0 Å². The molecule has 0 saturated heterocycles. The molecule has 5 heteroatoms. The number of carbonyl (C=O) groups is 2. The summed E-state index contributed by atoms with van der Waals surface area (Å²) in [6.07, 6.45) is 0. The third kappa shape index (κ3) is 1.21. The molecule has 1 aliphatic rings. The lowest BCUT2D eigenvalue weighted by Crippen LogP contribution is -2.33. The monoisotopic (exact) mass is 229 g/mol. The first-order valence-electron chi connectivity index (χ1n) is 3.88. The van der Waals surface area contributed by atoms with E-state index < -0.39 is 16.8 Å². The highest BCUT2D eigenvalue weighted by molar-refractivity contribution is 6.47. The van der Waals surface area contributed by atoms with E-state index >= 15 is 0 Å². The van der Waals surface area contributed by atoms with Crippen LogP contribution in [0.4, 0.5) is 0 Å². The van der Waals surface area contributed by atoms with Gasteiger partial charge in [-0.1, -0.05) is 35.3 Å². The molecule has 3 nitrogen and oxygen atoms in total. The van der Waals surface area contributed by atoms with E-state index in [1.54, 1.807) is 24.3 Å². The second kappa shape index (κ2) is 3.26. The first kappa shape index (κ1) is 9.49. The van der Waals surface area contributed by atoms with Gasteiger partial charge < -0.3 is 0 Å². The molecule has 0 aromatic heterocycles. The average molecular weight is 230 g/mol. The lowest BCUT2D eigenvalue weighted by atomic mass is 10.1. The van der Waals surface area contributed by atoms with Gasteiger partial charge in [-0.25, -0.2) is 4.90 Å². The zero-order valence-electron chi connectivity index (χ0n) is 6.91. The Morgan fingerprint density at radius 1 is 1.00 bits per heavy atom. The number of nitrogens with zero attached hydrogens (tertiary/aromatic N) is 1. The lowest BCUT2D eigenvalue weighted by molar-refractivity contribution is 0.0666.